The fourth-order valence-electron chi connectivity index (χ4n) is 2.50. The summed E-state index contributed by atoms with van der Waals surface area (Å²) in [7, 11) is 0. The van der Waals surface area contributed by atoms with Gasteiger partial charge < -0.3 is 9.47 Å². The summed E-state index contributed by atoms with van der Waals surface area (Å²) >= 11 is 0. The van der Waals surface area contributed by atoms with Crippen LogP contribution in [0.5, 0.6) is 11.5 Å². The summed E-state index contributed by atoms with van der Waals surface area (Å²) in [6, 6.07) is 21.8. The van der Waals surface area contributed by atoms with Gasteiger partial charge in [0.15, 0.2) is 13.2 Å². The van der Waals surface area contributed by atoms with Crippen LogP contribution in [0.25, 0.3) is 10.8 Å². The van der Waals surface area contributed by atoms with E-state index in [2.05, 4.69) is 10.9 Å². The predicted octanol–water partition coefficient (Wildman–Crippen LogP) is 2.32. The molecule has 2 N–H and O–H groups in total. The van der Waals surface area contributed by atoms with Crippen LogP contribution in [0.15, 0.2) is 66.7 Å². The van der Waals surface area contributed by atoms with Crippen LogP contribution >= 0.6 is 0 Å². The fraction of sp³-hybridized carbons (Fsp3) is 0.0952. The number of amides is 2. The van der Waals surface area contributed by atoms with E-state index in [9.17, 15) is 9.59 Å². The quantitative estimate of drug-likeness (QED) is 0.644. The standard InChI is InChI=1S/C21H17N3O4/c22-12-16-7-2-4-10-18(16)27-13-20(25)23-24-21(26)14-28-19-11-5-8-15-6-1-3-9-17(15)19/h1-11H,13-14H2,(H,23,25)(H,24,26). The highest BCUT2D eigenvalue weighted by molar-refractivity contribution is 5.89. The third-order valence-electron chi connectivity index (χ3n) is 3.82. The van der Waals surface area contributed by atoms with E-state index in [4.69, 9.17) is 14.7 Å². The number of para-hydroxylation sites is 1. The van der Waals surface area contributed by atoms with Crippen LogP contribution in [-0.2, 0) is 9.59 Å². The van der Waals surface area contributed by atoms with E-state index < -0.39 is 11.8 Å². The number of rotatable bonds is 6. The number of benzene rings is 3. The summed E-state index contributed by atoms with van der Waals surface area (Å²) in [5, 5.41) is 10.9. The molecule has 0 atom stereocenters. The molecule has 140 valence electrons. The van der Waals surface area contributed by atoms with Gasteiger partial charge in [-0.15, -0.1) is 0 Å². The number of nitrogens with zero attached hydrogens (tertiary/aromatic N) is 1. The summed E-state index contributed by atoms with van der Waals surface area (Å²) in [6.07, 6.45) is 0. The Bertz CT molecular complexity index is 1040. The second kappa shape index (κ2) is 9.05. The number of hydrogen-bond acceptors (Lipinski definition) is 5. The Labute approximate surface area is 161 Å². The molecule has 0 aliphatic carbocycles. The molecule has 0 spiro atoms. The molecule has 0 fully saturated rings. The molecular formula is C21H17N3O4. The molecule has 0 aliphatic rings. The van der Waals surface area contributed by atoms with Crippen molar-refractivity contribution in [2.75, 3.05) is 13.2 Å². The van der Waals surface area contributed by atoms with Crippen molar-refractivity contribution in [2.24, 2.45) is 0 Å². The molecule has 0 aliphatic heterocycles. The molecule has 28 heavy (non-hydrogen) atoms. The van der Waals surface area contributed by atoms with Gasteiger partial charge in [0.05, 0.1) is 5.56 Å². The summed E-state index contributed by atoms with van der Waals surface area (Å²) < 4.78 is 10.8. The normalized spacial score (nSPS) is 9.96. The number of nitrogens with one attached hydrogen (secondary N) is 2. The fourth-order valence-corrected chi connectivity index (χ4v) is 2.50. The Morgan fingerprint density at radius 2 is 1.36 bits per heavy atom. The van der Waals surface area contributed by atoms with Gasteiger partial charge in [0.25, 0.3) is 11.8 Å². The summed E-state index contributed by atoms with van der Waals surface area (Å²) in [6.45, 7) is -0.602. The van der Waals surface area contributed by atoms with Crippen LogP contribution in [0.1, 0.15) is 5.56 Å². The van der Waals surface area contributed by atoms with Gasteiger partial charge in [-0.3, -0.25) is 20.4 Å². The first kappa shape index (κ1) is 18.7. The predicted molar refractivity (Wildman–Crippen MR) is 102 cm³/mol. The van der Waals surface area contributed by atoms with E-state index >= 15 is 0 Å². The molecule has 3 aromatic rings. The number of carbonyl (C=O) groups is 2. The first-order valence-corrected chi connectivity index (χ1v) is 8.47. The second-order valence-corrected chi connectivity index (χ2v) is 5.76. The van der Waals surface area contributed by atoms with Crippen molar-refractivity contribution in [2.45, 2.75) is 0 Å². The van der Waals surface area contributed by atoms with Crippen molar-refractivity contribution >= 4 is 22.6 Å². The zero-order valence-corrected chi connectivity index (χ0v) is 14.8. The zero-order chi connectivity index (χ0) is 19.8. The van der Waals surface area contributed by atoms with E-state index in [1.54, 1.807) is 30.3 Å². The molecular weight excluding hydrogens is 358 g/mol. The highest BCUT2D eigenvalue weighted by atomic mass is 16.5. The molecule has 0 aromatic heterocycles. The van der Waals surface area contributed by atoms with Crippen LogP contribution in [0.3, 0.4) is 0 Å². The van der Waals surface area contributed by atoms with Gasteiger partial charge in [-0.25, -0.2) is 0 Å². The number of ether oxygens (including phenoxy) is 2. The SMILES string of the molecule is N#Cc1ccccc1OCC(=O)NNC(=O)COc1cccc2ccccc12. The van der Waals surface area contributed by atoms with Crippen LogP contribution in [0.4, 0.5) is 0 Å². The molecule has 0 heterocycles. The largest absolute Gasteiger partial charge is 0.483 e. The molecule has 2 amide bonds. The smallest absolute Gasteiger partial charge is 0.276 e. The van der Waals surface area contributed by atoms with E-state index in [0.717, 1.165) is 10.8 Å². The second-order valence-electron chi connectivity index (χ2n) is 5.76. The third-order valence-corrected chi connectivity index (χ3v) is 3.82. The molecule has 3 rings (SSSR count). The monoisotopic (exact) mass is 375 g/mol. The zero-order valence-electron chi connectivity index (χ0n) is 14.8. The Kier molecular flexibility index (Phi) is 6.06. The van der Waals surface area contributed by atoms with Crippen molar-refractivity contribution in [3.05, 3.63) is 72.3 Å². The highest BCUT2D eigenvalue weighted by Crippen LogP contribution is 2.24. The number of hydrogen-bond donors (Lipinski definition) is 2. The van der Waals surface area contributed by atoms with Gasteiger partial charge >= 0.3 is 0 Å². The van der Waals surface area contributed by atoms with Gasteiger partial charge in [0.1, 0.15) is 17.6 Å². The lowest BCUT2D eigenvalue weighted by Gasteiger charge is -2.11. The summed E-state index contributed by atoms with van der Waals surface area (Å²) in [4.78, 5) is 23.7. The molecule has 0 saturated carbocycles. The lowest BCUT2D eigenvalue weighted by atomic mass is 10.1. The van der Waals surface area contributed by atoms with Crippen LogP contribution in [-0.4, -0.2) is 25.0 Å². The van der Waals surface area contributed by atoms with E-state index in [1.807, 2.05) is 42.5 Å². The number of fused-ring (bicyclic) bond motifs is 1. The molecule has 0 saturated heterocycles. The van der Waals surface area contributed by atoms with Gasteiger partial charge in [-0.2, -0.15) is 5.26 Å². The lowest BCUT2D eigenvalue weighted by molar-refractivity contribution is -0.130. The van der Waals surface area contributed by atoms with Gasteiger partial charge in [0, 0.05) is 5.39 Å². The minimum atomic E-state index is -0.564. The lowest BCUT2D eigenvalue weighted by Crippen LogP contribution is -2.45. The van der Waals surface area contributed by atoms with Gasteiger partial charge in [-0.1, -0.05) is 48.5 Å². The maximum absolute atomic E-state index is 11.9. The highest BCUT2D eigenvalue weighted by Gasteiger charge is 2.09. The Hall–Kier alpha value is -4.05. The van der Waals surface area contributed by atoms with Gasteiger partial charge in [-0.05, 0) is 23.6 Å². The minimum absolute atomic E-state index is 0.258. The van der Waals surface area contributed by atoms with Crippen molar-refractivity contribution in [3.63, 3.8) is 0 Å². The van der Waals surface area contributed by atoms with Crippen LogP contribution in [0, 0.1) is 11.3 Å². The van der Waals surface area contributed by atoms with Crippen LogP contribution < -0.4 is 20.3 Å². The molecule has 3 aromatic carbocycles. The average Bonchev–Trinajstić information content (AvgIpc) is 2.74. The molecule has 7 heteroatoms. The summed E-state index contributed by atoms with van der Waals surface area (Å²) in [5.41, 5.74) is 4.82. The molecule has 0 radical (unpaired) electrons. The molecule has 0 unspecified atom stereocenters. The van der Waals surface area contributed by atoms with Crippen molar-refractivity contribution in [1.82, 2.24) is 10.9 Å². The van der Waals surface area contributed by atoms with Crippen LogP contribution in [0.2, 0.25) is 0 Å². The number of hydrazine groups is 1. The van der Waals surface area contributed by atoms with Crippen molar-refractivity contribution in [1.29, 1.82) is 5.26 Å². The molecule has 0 bridgehead atoms. The van der Waals surface area contributed by atoms with E-state index in [1.165, 1.54) is 0 Å². The first-order valence-electron chi connectivity index (χ1n) is 8.47. The third kappa shape index (κ3) is 4.77. The average molecular weight is 375 g/mol. The maximum atomic E-state index is 11.9. The van der Waals surface area contributed by atoms with Gasteiger partial charge in [0.2, 0.25) is 0 Å². The Morgan fingerprint density at radius 1 is 0.786 bits per heavy atom. The minimum Gasteiger partial charge on any atom is -0.483 e. The topological polar surface area (TPSA) is 100 Å². The maximum Gasteiger partial charge on any atom is 0.276 e. The van der Waals surface area contributed by atoms with Crippen molar-refractivity contribution in [3.8, 4) is 17.6 Å². The number of carbonyl (C=O) groups excluding carboxylic acids is 2. The molecule has 7 nitrogen and oxygen atoms in total. The first-order chi connectivity index (χ1) is 13.7. The Balaban J connectivity index is 1.45. The number of nitriles is 1. The van der Waals surface area contributed by atoms with E-state index in [-0.39, 0.29) is 13.2 Å². The summed E-state index contributed by atoms with van der Waals surface area (Å²) in [5.74, 6) is -0.202. The Morgan fingerprint density at radius 3 is 2.11 bits per heavy atom. The van der Waals surface area contributed by atoms with Crippen molar-refractivity contribution < 1.29 is 19.1 Å². The van der Waals surface area contributed by atoms with E-state index in [0.29, 0.717) is 17.1 Å².